The fourth-order valence-electron chi connectivity index (χ4n) is 2.08. The van der Waals surface area contributed by atoms with Crippen molar-refractivity contribution in [1.82, 2.24) is 15.4 Å². The van der Waals surface area contributed by atoms with Crippen molar-refractivity contribution in [1.29, 1.82) is 0 Å². The normalized spacial score (nSPS) is 20.0. The minimum absolute atomic E-state index is 0. The molecule has 21 heavy (non-hydrogen) atoms. The van der Waals surface area contributed by atoms with Gasteiger partial charge in [0.25, 0.3) is 0 Å². The fraction of sp³-hybridized carbons (Fsp3) is 0.917. The first-order chi connectivity index (χ1) is 9.22. The molecule has 0 aromatic carbocycles. The van der Waals surface area contributed by atoms with Crippen LogP contribution < -0.4 is 15.4 Å². The first-order valence-corrected chi connectivity index (χ1v) is 8.66. The Morgan fingerprint density at radius 3 is 2.52 bits per heavy atom. The summed E-state index contributed by atoms with van der Waals surface area (Å²) < 4.78 is 30.6. The highest BCUT2D eigenvalue weighted by atomic mass is 127. The number of sulfonamides is 1. The maximum atomic E-state index is 11.3. The number of hydrogen-bond acceptors (Lipinski definition) is 4. The van der Waals surface area contributed by atoms with Crippen LogP contribution >= 0.6 is 24.0 Å². The van der Waals surface area contributed by atoms with Crippen LogP contribution in [0.4, 0.5) is 0 Å². The molecule has 1 rings (SSSR count). The summed E-state index contributed by atoms with van der Waals surface area (Å²) in [5, 5.41) is 6.30. The molecule has 1 aliphatic heterocycles. The second kappa shape index (κ2) is 9.11. The molecule has 1 saturated heterocycles. The van der Waals surface area contributed by atoms with Crippen molar-refractivity contribution in [3.8, 4) is 0 Å². The Hall–Kier alpha value is -0.130. The zero-order chi connectivity index (χ0) is 15.2. The summed E-state index contributed by atoms with van der Waals surface area (Å²) in [7, 11) is -1.55. The van der Waals surface area contributed by atoms with E-state index in [4.69, 9.17) is 4.74 Å². The predicted molar refractivity (Wildman–Crippen MR) is 95.8 cm³/mol. The lowest BCUT2D eigenvalue weighted by molar-refractivity contribution is 0.114. The van der Waals surface area contributed by atoms with Crippen molar-refractivity contribution in [2.24, 2.45) is 4.99 Å². The quantitative estimate of drug-likeness (QED) is 0.317. The molecule has 9 heteroatoms. The topological polar surface area (TPSA) is 91.8 Å². The van der Waals surface area contributed by atoms with Crippen molar-refractivity contribution in [3.63, 3.8) is 0 Å². The Kier molecular flexibility index (Phi) is 9.05. The van der Waals surface area contributed by atoms with E-state index in [1.807, 2.05) is 13.8 Å². The summed E-state index contributed by atoms with van der Waals surface area (Å²) in [5.74, 6) is 0.642. The van der Waals surface area contributed by atoms with Gasteiger partial charge in [-0.25, -0.2) is 13.1 Å². The molecule has 1 heterocycles. The van der Waals surface area contributed by atoms with Crippen LogP contribution in [0.2, 0.25) is 0 Å². The van der Waals surface area contributed by atoms with Crippen molar-refractivity contribution in [2.75, 3.05) is 33.0 Å². The van der Waals surface area contributed by atoms with Crippen LogP contribution in [0.1, 0.15) is 26.7 Å². The Labute approximate surface area is 144 Å². The molecule has 0 bridgehead atoms. The Balaban J connectivity index is 0.00000400. The second-order valence-electron chi connectivity index (χ2n) is 5.70. The molecule has 0 aromatic heterocycles. The van der Waals surface area contributed by atoms with Crippen LogP contribution in [0.5, 0.6) is 0 Å². The number of nitrogens with one attached hydrogen (secondary N) is 3. The zero-order valence-corrected chi connectivity index (χ0v) is 16.2. The molecule has 126 valence electrons. The van der Waals surface area contributed by atoms with Gasteiger partial charge in [0.15, 0.2) is 5.96 Å². The Morgan fingerprint density at radius 2 is 2.05 bits per heavy atom. The summed E-state index contributed by atoms with van der Waals surface area (Å²) in [4.78, 5) is 4.11. The van der Waals surface area contributed by atoms with Crippen LogP contribution in [0, 0.1) is 0 Å². The van der Waals surface area contributed by atoms with Gasteiger partial charge >= 0.3 is 0 Å². The predicted octanol–water partition coefficient (Wildman–Crippen LogP) is 0.276. The van der Waals surface area contributed by atoms with Gasteiger partial charge in [-0.2, -0.15) is 0 Å². The summed E-state index contributed by atoms with van der Waals surface area (Å²) in [6.45, 7) is 5.59. The lowest BCUT2D eigenvalue weighted by Gasteiger charge is -2.26. The van der Waals surface area contributed by atoms with Crippen molar-refractivity contribution >= 4 is 40.0 Å². The van der Waals surface area contributed by atoms with E-state index in [9.17, 15) is 8.42 Å². The van der Waals surface area contributed by atoms with Crippen molar-refractivity contribution in [2.45, 2.75) is 38.3 Å². The highest BCUT2D eigenvalue weighted by Gasteiger charge is 2.22. The van der Waals surface area contributed by atoms with E-state index < -0.39 is 15.6 Å². The summed E-state index contributed by atoms with van der Waals surface area (Å²) in [6.07, 6.45) is 3.55. The molecule has 1 fully saturated rings. The summed E-state index contributed by atoms with van der Waals surface area (Å²) in [6, 6.07) is 0. The maximum absolute atomic E-state index is 11.3. The number of aliphatic imine (C=N–C) groups is 1. The molecule has 1 atom stereocenters. The molecule has 1 aliphatic rings. The molecule has 0 amide bonds. The van der Waals surface area contributed by atoms with E-state index >= 15 is 0 Å². The SMILES string of the molecule is CN=C(NCC1CCCO1)NCC(C)(C)NS(C)(=O)=O.I. The van der Waals surface area contributed by atoms with E-state index in [2.05, 4.69) is 20.3 Å². The van der Waals surface area contributed by atoms with Gasteiger partial charge in [-0.15, -0.1) is 24.0 Å². The molecule has 0 aromatic rings. The molecular formula is C12H27IN4O3S. The van der Waals surface area contributed by atoms with E-state index in [0.29, 0.717) is 19.0 Å². The van der Waals surface area contributed by atoms with E-state index in [1.54, 1.807) is 7.05 Å². The molecule has 0 saturated carbocycles. The van der Waals surface area contributed by atoms with Gasteiger partial charge in [-0.1, -0.05) is 0 Å². The van der Waals surface area contributed by atoms with Gasteiger partial charge in [0, 0.05) is 32.3 Å². The van der Waals surface area contributed by atoms with E-state index in [1.165, 1.54) is 0 Å². The number of rotatable bonds is 6. The van der Waals surface area contributed by atoms with Crippen LogP contribution in [-0.4, -0.2) is 59.0 Å². The average molecular weight is 434 g/mol. The minimum Gasteiger partial charge on any atom is -0.376 e. The lowest BCUT2D eigenvalue weighted by atomic mass is 10.1. The summed E-state index contributed by atoms with van der Waals surface area (Å²) >= 11 is 0. The third kappa shape index (κ3) is 9.48. The van der Waals surface area contributed by atoms with Crippen molar-refractivity contribution < 1.29 is 13.2 Å². The van der Waals surface area contributed by atoms with E-state index in [-0.39, 0.29) is 30.1 Å². The first-order valence-electron chi connectivity index (χ1n) is 6.77. The highest BCUT2D eigenvalue weighted by Crippen LogP contribution is 2.10. The third-order valence-electron chi connectivity index (χ3n) is 2.90. The Bertz CT molecular complexity index is 434. The molecule has 0 aliphatic carbocycles. The van der Waals surface area contributed by atoms with Crippen LogP contribution in [0.25, 0.3) is 0 Å². The largest absolute Gasteiger partial charge is 0.376 e. The van der Waals surface area contributed by atoms with E-state index in [0.717, 1.165) is 25.7 Å². The summed E-state index contributed by atoms with van der Waals surface area (Å²) in [5.41, 5.74) is -0.588. The zero-order valence-electron chi connectivity index (χ0n) is 13.1. The molecular weight excluding hydrogens is 407 g/mol. The standard InChI is InChI=1S/C12H26N4O3S.HI/c1-12(2,16-20(4,17)18)9-15-11(13-3)14-8-10-6-5-7-19-10;/h10,16H,5-9H2,1-4H3,(H2,13,14,15);1H. The van der Waals surface area contributed by atoms with Gasteiger partial charge in [0.2, 0.25) is 10.0 Å². The Morgan fingerprint density at radius 1 is 1.38 bits per heavy atom. The molecule has 7 nitrogen and oxygen atoms in total. The lowest BCUT2D eigenvalue weighted by Crippen LogP contribution is -2.53. The molecule has 0 radical (unpaired) electrons. The number of ether oxygens (including phenoxy) is 1. The maximum Gasteiger partial charge on any atom is 0.209 e. The molecule has 0 spiro atoms. The number of hydrogen-bond donors (Lipinski definition) is 3. The van der Waals surface area contributed by atoms with Gasteiger partial charge < -0.3 is 15.4 Å². The van der Waals surface area contributed by atoms with Gasteiger partial charge in [-0.05, 0) is 26.7 Å². The second-order valence-corrected chi connectivity index (χ2v) is 7.45. The van der Waals surface area contributed by atoms with Crippen LogP contribution in [0.15, 0.2) is 4.99 Å². The fourth-order valence-corrected chi connectivity index (χ4v) is 3.16. The van der Waals surface area contributed by atoms with Crippen LogP contribution in [0.3, 0.4) is 0 Å². The smallest absolute Gasteiger partial charge is 0.209 e. The third-order valence-corrected chi connectivity index (χ3v) is 3.83. The minimum atomic E-state index is -3.23. The number of guanidine groups is 1. The average Bonchev–Trinajstić information content (AvgIpc) is 2.79. The van der Waals surface area contributed by atoms with Gasteiger partial charge in [-0.3, -0.25) is 4.99 Å². The highest BCUT2D eigenvalue weighted by molar-refractivity contribution is 14.0. The van der Waals surface area contributed by atoms with Crippen molar-refractivity contribution in [3.05, 3.63) is 0 Å². The number of nitrogens with zero attached hydrogens (tertiary/aromatic N) is 1. The van der Waals surface area contributed by atoms with Gasteiger partial charge in [0.1, 0.15) is 0 Å². The first kappa shape index (κ1) is 20.9. The number of halogens is 1. The molecule has 3 N–H and O–H groups in total. The van der Waals surface area contributed by atoms with Crippen LogP contribution in [-0.2, 0) is 14.8 Å². The van der Waals surface area contributed by atoms with Gasteiger partial charge in [0.05, 0.1) is 12.4 Å². The molecule has 1 unspecified atom stereocenters. The monoisotopic (exact) mass is 434 g/mol.